The SMILES string of the molecule is CC(C)CC(C)N(C)c1cc(Br)ccc1CN. The maximum Gasteiger partial charge on any atom is 0.0422 e. The van der Waals surface area contributed by atoms with Gasteiger partial charge in [-0.1, -0.05) is 35.8 Å². The lowest BCUT2D eigenvalue weighted by Crippen LogP contribution is -2.31. The Labute approximate surface area is 113 Å². The first-order chi connectivity index (χ1) is 7.95. The van der Waals surface area contributed by atoms with Crippen molar-refractivity contribution in [3.8, 4) is 0 Å². The van der Waals surface area contributed by atoms with Crippen molar-refractivity contribution in [2.24, 2.45) is 11.7 Å². The van der Waals surface area contributed by atoms with Crippen LogP contribution in [0.1, 0.15) is 32.8 Å². The smallest absolute Gasteiger partial charge is 0.0422 e. The summed E-state index contributed by atoms with van der Waals surface area (Å²) < 4.78 is 1.10. The first-order valence-corrected chi connectivity index (χ1v) is 6.96. The Morgan fingerprint density at radius 2 is 1.94 bits per heavy atom. The van der Waals surface area contributed by atoms with Crippen LogP contribution in [0.3, 0.4) is 0 Å². The molecule has 0 saturated heterocycles. The van der Waals surface area contributed by atoms with Gasteiger partial charge in [0.15, 0.2) is 0 Å². The van der Waals surface area contributed by atoms with E-state index in [2.05, 4.69) is 60.8 Å². The molecule has 1 unspecified atom stereocenters. The van der Waals surface area contributed by atoms with E-state index in [1.165, 1.54) is 17.7 Å². The fourth-order valence-corrected chi connectivity index (χ4v) is 2.46. The van der Waals surface area contributed by atoms with E-state index in [0.717, 1.165) is 4.47 Å². The van der Waals surface area contributed by atoms with E-state index in [-0.39, 0.29) is 0 Å². The molecule has 0 spiro atoms. The van der Waals surface area contributed by atoms with Crippen LogP contribution in [0.25, 0.3) is 0 Å². The summed E-state index contributed by atoms with van der Waals surface area (Å²) in [5.41, 5.74) is 8.23. The second-order valence-corrected chi connectivity index (χ2v) is 5.98. The number of anilines is 1. The van der Waals surface area contributed by atoms with Gasteiger partial charge in [-0.3, -0.25) is 0 Å². The molecule has 2 nitrogen and oxygen atoms in total. The second-order valence-electron chi connectivity index (χ2n) is 5.07. The highest BCUT2D eigenvalue weighted by atomic mass is 79.9. The van der Waals surface area contributed by atoms with Gasteiger partial charge in [0.05, 0.1) is 0 Å². The van der Waals surface area contributed by atoms with Crippen molar-refractivity contribution >= 4 is 21.6 Å². The van der Waals surface area contributed by atoms with Gasteiger partial charge in [0.1, 0.15) is 0 Å². The van der Waals surface area contributed by atoms with E-state index in [4.69, 9.17) is 5.73 Å². The van der Waals surface area contributed by atoms with Gasteiger partial charge in [-0.2, -0.15) is 0 Å². The molecule has 1 atom stereocenters. The first-order valence-electron chi connectivity index (χ1n) is 6.17. The van der Waals surface area contributed by atoms with Crippen molar-refractivity contribution in [1.82, 2.24) is 0 Å². The van der Waals surface area contributed by atoms with Gasteiger partial charge < -0.3 is 10.6 Å². The Balaban J connectivity index is 2.93. The maximum absolute atomic E-state index is 5.80. The van der Waals surface area contributed by atoms with E-state index in [9.17, 15) is 0 Å². The molecular weight excluding hydrogens is 276 g/mol. The van der Waals surface area contributed by atoms with Crippen LogP contribution >= 0.6 is 15.9 Å². The zero-order valence-electron chi connectivity index (χ0n) is 11.2. The third-order valence-corrected chi connectivity index (χ3v) is 3.61. The Morgan fingerprint density at radius 1 is 1.29 bits per heavy atom. The second kappa shape index (κ2) is 6.41. The number of rotatable bonds is 5. The van der Waals surface area contributed by atoms with Crippen molar-refractivity contribution in [2.45, 2.75) is 39.8 Å². The molecule has 0 heterocycles. The Kier molecular flexibility index (Phi) is 5.47. The Morgan fingerprint density at radius 3 is 2.47 bits per heavy atom. The molecule has 3 heteroatoms. The van der Waals surface area contributed by atoms with Crippen molar-refractivity contribution < 1.29 is 0 Å². The number of benzene rings is 1. The third-order valence-electron chi connectivity index (χ3n) is 3.12. The molecule has 1 aromatic rings. The fourth-order valence-electron chi connectivity index (χ4n) is 2.12. The van der Waals surface area contributed by atoms with E-state index < -0.39 is 0 Å². The number of nitrogens with two attached hydrogens (primary N) is 1. The zero-order chi connectivity index (χ0) is 13.0. The molecule has 0 radical (unpaired) electrons. The van der Waals surface area contributed by atoms with Gasteiger partial charge in [-0.25, -0.2) is 0 Å². The summed E-state index contributed by atoms with van der Waals surface area (Å²) in [5, 5.41) is 0. The van der Waals surface area contributed by atoms with E-state index in [1.54, 1.807) is 0 Å². The molecule has 2 N–H and O–H groups in total. The molecule has 1 aromatic carbocycles. The lowest BCUT2D eigenvalue weighted by atomic mass is 10.0. The largest absolute Gasteiger partial charge is 0.372 e. The van der Waals surface area contributed by atoms with Crippen LogP contribution in [-0.2, 0) is 6.54 Å². The predicted molar refractivity (Wildman–Crippen MR) is 79.4 cm³/mol. The van der Waals surface area contributed by atoms with Crippen LogP contribution in [0.4, 0.5) is 5.69 Å². The lowest BCUT2D eigenvalue weighted by Gasteiger charge is -2.30. The Bertz CT molecular complexity index is 363. The average Bonchev–Trinajstić information content (AvgIpc) is 2.27. The molecule has 0 fully saturated rings. The summed E-state index contributed by atoms with van der Waals surface area (Å²) in [6.45, 7) is 7.37. The van der Waals surface area contributed by atoms with Crippen molar-refractivity contribution in [2.75, 3.05) is 11.9 Å². The summed E-state index contributed by atoms with van der Waals surface area (Å²) >= 11 is 3.53. The molecule has 0 aliphatic rings. The van der Waals surface area contributed by atoms with Gasteiger partial charge >= 0.3 is 0 Å². The van der Waals surface area contributed by atoms with E-state index in [1.807, 2.05) is 6.07 Å². The van der Waals surface area contributed by atoms with Gasteiger partial charge in [0.2, 0.25) is 0 Å². The molecular formula is C14H23BrN2. The minimum Gasteiger partial charge on any atom is -0.372 e. The standard InChI is InChI=1S/C14H23BrN2/c1-10(2)7-11(3)17(4)14-8-13(15)6-5-12(14)9-16/h5-6,8,10-11H,7,9,16H2,1-4H3. The lowest BCUT2D eigenvalue weighted by molar-refractivity contribution is 0.503. The summed E-state index contributed by atoms with van der Waals surface area (Å²) in [6.07, 6.45) is 1.19. The summed E-state index contributed by atoms with van der Waals surface area (Å²) in [6, 6.07) is 6.82. The molecule has 17 heavy (non-hydrogen) atoms. The van der Waals surface area contributed by atoms with Crippen LogP contribution in [0.15, 0.2) is 22.7 Å². The van der Waals surface area contributed by atoms with Gasteiger partial charge in [-0.15, -0.1) is 0 Å². The highest BCUT2D eigenvalue weighted by molar-refractivity contribution is 9.10. The average molecular weight is 299 g/mol. The first kappa shape index (κ1) is 14.5. The van der Waals surface area contributed by atoms with Crippen molar-refractivity contribution in [3.05, 3.63) is 28.2 Å². The van der Waals surface area contributed by atoms with Gasteiger partial charge in [0, 0.05) is 29.8 Å². The van der Waals surface area contributed by atoms with Crippen LogP contribution in [-0.4, -0.2) is 13.1 Å². The number of hydrogen-bond acceptors (Lipinski definition) is 2. The maximum atomic E-state index is 5.80. The van der Waals surface area contributed by atoms with Crippen molar-refractivity contribution in [3.63, 3.8) is 0 Å². The molecule has 0 aliphatic carbocycles. The van der Waals surface area contributed by atoms with Gasteiger partial charge in [0.25, 0.3) is 0 Å². The fraction of sp³-hybridized carbons (Fsp3) is 0.571. The van der Waals surface area contributed by atoms with Crippen LogP contribution < -0.4 is 10.6 Å². The highest BCUT2D eigenvalue weighted by Crippen LogP contribution is 2.27. The molecule has 0 aliphatic heterocycles. The highest BCUT2D eigenvalue weighted by Gasteiger charge is 2.14. The van der Waals surface area contributed by atoms with Crippen LogP contribution in [0.5, 0.6) is 0 Å². The number of hydrogen-bond donors (Lipinski definition) is 1. The minimum atomic E-state index is 0.523. The number of halogens is 1. The van der Waals surface area contributed by atoms with E-state index in [0.29, 0.717) is 18.5 Å². The van der Waals surface area contributed by atoms with E-state index >= 15 is 0 Å². The molecule has 96 valence electrons. The molecule has 0 bridgehead atoms. The summed E-state index contributed by atoms with van der Waals surface area (Å²) in [7, 11) is 2.15. The minimum absolute atomic E-state index is 0.523. The topological polar surface area (TPSA) is 29.3 Å². The van der Waals surface area contributed by atoms with Crippen molar-refractivity contribution in [1.29, 1.82) is 0 Å². The van der Waals surface area contributed by atoms with Crippen LogP contribution in [0.2, 0.25) is 0 Å². The quantitative estimate of drug-likeness (QED) is 0.896. The summed E-state index contributed by atoms with van der Waals surface area (Å²) in [5.74, 6) is 0.709. The normalized spacial score (nSPS) is 12.9. The zero-order valence-corrected chi connectivity index (χ0v) is 12.8. The number of nitrogens with zero attached hydrogens (tertiary/aromatic N) is 1. The van der Waals surface area contributed by atoms with Gasteiger partial charge in [-0.05, 0) is 37.0 Å². The third kappa shape index (κ3) is 4.00. The molecule has 0 amide bonds. The molecule has 1 rings (SSSR count). The molecule has 0 saturated carbocycles. The monoisotopic (exact) mass is 298 g/mol. The Hall–Kier alpha value is -0.540. The molecule has 0 aromatic heterocycles. The predicted octanol–water partition coefficient (Wildman–Crippen LogP) is 3.78. The summed E-state index contributed by atoms with van der Waals surface area (Å²) in [4.78, 5) is 2.33. The van der Waals surface area contributed by atoms with Crippen LogP contribution in [0, 0.1) is 5.92 Å².